The van der Waals surface area contributed by atoms with E-state index in [9.17, 15) is 27.9 Å². The minimum Gasteiger partial charge on any atom is -0.481 e. The van der Waals surface area contributed by atoms with Crippen molar-refractivity contribution in [2.24, 2.45) is 0 Å². The number of carboxylic acid groups (broad SMARTS) is 1. The SMILES string of the molecule is CCC(C(=O)O)c1cccc(-c2ccc(CN(Cc3ccc(C(F)(F)F)o3)C(=O)c3c(C)ccc4ccccc34)cc2)c1. The number of rotatable bonds is 9. The van der Waals surface area contributed by atoms with Gasteiger partial charge in [-0.15, -0.1) is 0 Å². The first-order chi connectivity index (χ1) is 20.5. The highest BCUT2D eigenvalue weighted by Crippen LogP contribution is 2.32. The Morgan fingerprint density at radius 1 is 0.860 bits per heavy atom. The van der Waals surface area contributed by atoms with E-state index >= 15 is 0 Å². The Labute approximate surface area is 247 Å². The largest absolute Gasteiger partial charge is 0.481 e. The Bertz CT molecular complexity index is 1770. The van der Waals surface area contributed by atoms with Crippen LogP contribution in [0.25, 0.3) is 21.9 Å². The van der Waals surface area contributed by atoms with Gasteiger partial charge < -0.3 is 14.4 Å². The number of carboxylic acids is 1. The number of fused-ring (bicyclic) bond motifs is 1. The summed E-state index contributed by atoms with van der Waals surface area (Å²) in [5.74, 6) is -2.89. The highest BCUT2D eigenvalue weighted by atomic mass is 19.4. The molecule has 1 amide bonds. The Morgan fingerprint density at radius 2 is 1.60 bits per heavy atom. The van der Waals surface area contributed by atoms with Crippen LogP contribution < -0.4 is 0 Å². The van der Waals surface area contributed by atoms with E-state index in [4.69, 9.17) is 4.42 Å². The van der Waals surface area contributed by atoms with Crippen LogP contribution in [0.3, 0.4) is 0 Å². The van der Waals surface area contributed by atoms with Gasteiger partial charge in [0.1, 0.15) is 5.76 Å². The van der Waals surface area contributed by atoms with Crippen LogP contribution in [0.4, 0.5) is 13.2 Å². The topological polar surface area (TPSA) is 70.8 Å². The third-order valence-corrected chi connectivity index (χ3v) is 7.58. The number of alkyl halides is 3. The molecule has 0 aliphatic heterocycles. The third kappa shape index (κ3) is 6.48. The summed E-state index contributed by atoms with van der Waals surface area (Å²) >= 11 is 0. The molecule has 5 aromatic rings. The minimum absolute atomic E-state index is 0.0240. The molecule has 0 radical (unpaired) electrons. The van der Waals surface area contributed by atoms with Crippen LogP contribution in [0.2, 0.25) is 0 Å². The van der Waals surface area contributed by atoms with Gasteiger partial charge in [-0.2, -0.15) is 13.2 Å². The van der Waals surface area contributed by atoms with Crippen molar-refractivity contribution in [3.63, 3.8) is 0 Å². The van der Waals surface area contributed by atoms with Gasteiger partial charge in [0, 0.05) is 6.54 Å². The van der Waals surface area contributed by atoms with Crippen LogP contribution in [-0.2, 0) is 24.1 Å². The fourth-order valence-corrected chi connectivity index (χ4v) is 5.34. The van der Waals surface area contributed by atoms with Crippen LogP contribution >= 0.6 is 0 Å². The molecular formula is C35H30F3NO4. The van der Waals surface area contributed by atoms with Crippen molar-refractivity contribution in [2.75, 3.05) is 0 Å². The molecular weight excluding hydrogens is 555 g/mol. The molecule has 0 spiro atoms. The fraction of sp³-hybridized carbons (Fsp3) is 0.200. The summed E-state index contributed by atoms with van der Waals surface area (Å²) in [4.78, 5) is 27.2. The normalized spacial score (nSPS) is 12.3. The van der Waals surface area contributed by atoms with E-state index in [0.29, 0.717) is 12.0 Å². The smallest absolute Gasteiger partial charge is 0.449 e. The van der Waals surface area contributed by atoms with Gasteiger partial charge in [-0.25, -0.2) is 0 Å². The maximum atomic E-state index is 14.1. The van der Waals surface area contributed by atoms with Crippen molar-refractivity contribution < 1.29 is 32.3 Å². The summed E-state index contributed by atoms with van der Waals surface area (Å²) in [6.45, 7) is 3.64. The Kier molecular flexibility index (Phi) is 8.39. The Balaban J connectivity index is 1.47. The van der Waals surface area contributed by atoms with E-state index in [0.717, 1.165) is 44.7 Å². The fourth-order valence-electron chi connectivity index (χ4n) is 5.34. The van der Waals surface area contributed by atoms with Crippen LogP contribution in [0.1, 0.15) is 57.8 Å². The van der Waals surface area contributed by atoms with Crippen molar-refractivity contribution in [2.45, 2.75) is 45.5 Å². The zero-order valence-electron chi connectivity index (χ0n) is 23.7. The second-order valence-corrected chi connectivity index (χ2v) is 10.5. The standard InChI is InChI=1S/C35H30F3NO4/c1-3-29(34(41)42)27-9-6-8-26(19-27)24-15-12-23(13-16-24)20-39(21-28-17-18-31(43-28)35(36,37)38)33(40)32-22(2)11-14-25-7-4-5-10-30(25)32/h4-19,29H,3,20-21H2,1-2H3,(H,41,42). The van der Waals surface area contributed by atoms with Gasteiger partial charge in [0.2, 0.25) is 5.76 Å². The number of halogens is 3. The Hall–Kier alpha value is -4.85. The molecule has 1 unspecified atom stereocenters. The molecule has 1 atom stereocenters. The monoisotopic (exact) mass is 585 g/mol. The van der Waals surface area contributed by atoms with Crippen LogP contribution in [0, 0.1) is 6.92 Å². The molecule has 4 aromatic carbocycles. The van der Waals surface area contributed by atoms with E-state index in [1.54, 1.807) is 6.07 Å². The maximum absolute atomic E-state index is 14.1. The van der Waals surface area contributed by atoms with Crippen molar-refractivity contribution in [1.82, 2.24) is 4.90 Å². The van der Waals surface area contributed by atoms with Gasteiger partial charge >= 0.3 is 12.1 Å². The summed E-state index contributed by atoms with van der Waals surface area (Å²) < 4.78 is 44.8. The highest BCUT2D eigenvalue weighted by Gasteiger charge is 2.35. The highest BCUT2D eigenvalue weighted by molar-refractivity contribution is 6.08. The zero-order chi connectivity index (χ0) is 30.7. The van der Waals surface area contributed by atoms with E-state index in [1.165, 1.54) is 11.0 Å². The van der Waals surface area contributed by atoms with E-state index < -0.39 is 23.8 Å². The molecule has 0 saturated carbocycles. The molecule has 220 valence electrons. The lowest BCUT2D eigenvalue weighted by Crippen LogP contribution is -2.30. The average Bonchev–Trinajstić information content (AvgIpc) is 3.47. The molecule has 0 aliphatic rings. The molecule has 5 rings (SSSR count). The van der Waals surface area contributed by atoms with Crippen LogP contribution in [0.5, 0.6) is 0 Å². The molecule has 1 N–H and O–H groups in total. The first-order valence-electron chi connectivity index (χ1n) is 13.9. The molecule has 43 heavy (non-hydrogen) atoms. The van der Waals surface area contributed by atoms with Gasteiger partial charge in [0.25, 0.3) is 5.91 Å². The number of hydrogen-bond acceptors (Lipinski definition) is 3. The molecule has 1 heterocycles. The molecule has 0 fully saturated rings. The second kappa shape index (κ2) is 12.2. The van der Waals surface area contributed by atoms with Crippen molar-refractivity contribution in [3.05, 3.63) is 131 Å². The molecule has 0 aliphatic carbocycles. The van der Waals surface area contributed by atoms with Gasteiger partial charge in [0.05, 0.1) is 18.0 Å². The lowest BCUT2D eigenvalue weighted by atomic mass is 9.93. The predicted molar refractivity (Wildman–Crippen MR) is 159 cm³/mol. The third-order valence-electron chi connectivity index (χ3n) is 7.58. The molecule has 1 aromatic heterocycles. The number of carbonyl (C=O) groups excluding carboxylic acids is 1. The first kappa shape index (κ1) is 29.6. The van der Waals surface area contributed by atoms with Gasteiger partial charge in [-0.3, -0.25) is 9.59 Å². The van der Waals surface area contributed by atoms with E-state index in [1.807, 2.05) is 92.7 Å². The first-order valence-corrected chi connectivity index (χ1v) is 13.9. The summed E-state index contributed by atoms with van der Waals surface area (Å²) in [5, 5.41) is 11.2. The average molecular weight is 586 g/mol. The Morgan fingerprint density at radius 3 is 2.28 bits per heavy atom. The number of carbonyl (C=O) groups is 2. The van der Waals surface area contributed by atoms with Crippen molar-refractivity contribution in [1.29, 1.82) is 0 Å². The lowest BCUT2D eigenvalue weighted by Gasteiger charge is -2.24. The van der Waals surface area contributed by atoms with E-state index in [2.05, 4.69) is 0 Å². The molecule has 8 heteroatoms. The van der Waals surface area contributed by atoms with Crippen LogP contribution in [0.15, 0.2) is 101 Å². The summed E-state index contributed by atoms with van der Waals surface area (Å²) in [7, 11) is 0. The quantitative estimate of drug-likeness (QED) is 0.188. The van der Waals surface area contributed by atoms with Crippen molar-refractivity contribution in [3.8, 4) is 11.1 Å². The van der Waals surface area contributed by atoms with Crippen molar-refractivity contribution >= 4 is 22.6 Å². The number of hydrogen-bond donors (Lipinski definition) is 1. The lowest BCUT2D eigenvalue weighted by molar-refractivity contribution is -0.153. The molecule has 0 bridgehead atoms. The second-order valence-electron chi connectivity index (χ2n) is 10.5. The number of benzene rings is 4. The van der Waals surface area contributed by atoms with Crippen LogP contribution in [-0.4, -0.2) is 21.9 Å². The number of furan rings is 1. The minimum atomic E-state index is -4.63. The maximum Gasteiger partial charge on any atom is 0.449 e. The number of aliphatic carboxylic acids is 1. The number of aryl methyl sites for hydroxylation is 1. The number of amides is 1. The van der Waals surface area contributed by atoms with Gasteiger partial charge in [-0.05, 0) is 64.1 Å². The summed E-state index contributed by atoms with van der Waals surface area (Å²) in [6.07, 6.45) is -4.16. The molecule has 5 nitrogen and oxygen atoms in total. The summed E-state index contributed by atoms with van der Waals surface area (Å²) in [6, 6.07) is 28.3. The number of nitrogens with zero attached hydrogens (tertiary/aromatic N) is 1. The van der Waals surface area contributed by atoms with Gasteiger partial charge in [0.15, 0.2) is 0 Å². The summed E-state index contributed by atoms with van der Waals surface area (Å²) in [5.41, 5.74) is 4.46. The predicted octanol–water partition coefficient (Wildman–Crippen LogP) is 8.85. The zero-order valence-corrected chi connectivity index (χ0v) is 23.7. The molecule has 0 saturated heterocycles. The van der Waals surface area contributed by atoms with Gasteiger partial charge in [-0.1, -0.05) is 91.9 Å². The van der Waals surface area contributed by atoms with E-state index in [-0.39, 0.29) is 24.8 Å².